The van der Waals surface area contributed by atoms with Gasteiger partial charge < -0.3 is 0 Å². The highest BCUT2D eigenvalue weighted by molar-refractivity contribution is 7.86. The van der Waals surface area contributed by atoms with Gasteiger partial charge in [0.15, 0.2) is 0 Å². The minimum atomic E-state index is -3.67. The molecule has 0 fully saturated rings. The Bertz CT molecular complexity index is 639. The molecule has 2 aromatic rings. The summed E-state index contributed by atoms with van der Waals surface area (Å²) in [7, 11) is -3.67. The number of benzene rings is 2. The summed E-state index contributed by atoms with van der Waals surface area (Å²) >= 11 is 5.85. The molecule has 0 bridgehead atoms. The first-order chi connectivity index (χ1) is 9.08. The van der Waals surface area contributed by atoms with Crippen LogP contribution in [0.5, 0.6) is 0 Å². The lowest BCUT2D eigenvalue weighted by Gasteiger charge is -2.05. The average molecular weight is 297 g/mol. The molecule has 0 atom stereocenters. The van der Waals surface area contributed by atoms with Gasteiger partial charge in [-0.25, -0.2) is 0 Å². The van der Waals surface area contributed by atoms with Crippen LogP contribution in [0.3, 0.4) is 0 Å². The normalized spacial score (nSPS) is 11.4. The van der Waals surface area contributed by atoms with E-state index in [1.165, 1.54) is 12.1 Å². The minimum Gasteiger partial charge on any atom is -0.266 e. The summed E-state index contributed by atoms with van der Waals surface area (Å²) in [4.78, 5) is 0.168. The van der Waals surface area contributed by atoms with Crippen LogP contribution in [0.1, 0.15) is 5.56 Å². The zero-order valence-corrected chi connectivity index (χ0v) is 11.7. The second kappa shape index (κ2) is 6.19. The van der Waals surface area contributed by atoms with E-state index in [1.807, 2.05) is 12.1 Å². The van der Waals surface area contributed by atoms with Gasteiger partial charge in [-0.05, 0) is 36.2 Å². The van der Waals surface area contributed by atoms with Gasteiger partial charge in [-0.1, -0.05) is 41.9 Å². The standard InChI is InChI=1S/C14H13ClO3S/c15-13-6-4-5-12(11-13)9-10-18-19(16,17)14-7-2-1-3-8-14/h1-8,11H,9-10H2. The van der Waals surface area contributed by atoms with Crippen LogP contribution in [0.25, 0.3) is 0 Å². The summed E-state index contributed by atoms with van der Waals surface area (Å²) in [6.07, 6.45) is 0.493. The van der Waals surface area contributed by atoms with Crippen molar-refractivity contribution in [3.05, 3.63) is 65.2 Å². The van der Waals surface area contributed by atoms with Crippen LogP contribution < -0.4 is 0 Å². The van der Waals surface area contributed by atoms with E-state index in [2.05, 4.69) is 0 Å². The maximum Gasteiger partial charge on any atom is 0.296 e. The van der Waals surface area contributed by atoms with Crippen molar-refractivity contribution in [3.8, 4) is 0 Å². The molecule has 3 nitrogen and oxygen atoms in total. The fraction of sp³-hybridized carbons (Fsp3) is 0.143. The Kier molecular flexibility index (Phi) is 4.58. The molecule has 19 heavy (non-hydrogen) atoms. The molecule has 0 spiro atoms. The van der Waals surface area contributed by atoms with Crippen molar-refractivity contribution >= 4 is 21.7 Å². The molecule has 0 aliphatic heterocycles. The molecule has 0 unspecified atom stereocenters. The lowest BCUT2D eigenvalue weighted by molar-refractivity contribution is 0.322. The van der Waals surface area contributed by atoms with Gasteiger partial charge >= 0.3 is 0 Å². The van der Waals surface area contributed by atoms with Crippen LogP contribution in [0.2, 0.25) is 5.02 Å². The summed E-state index contributed by atoms with van der Waals surface area (Å²) < 4.78 is 28.7. The molecule has 100 valence electrons. The van der Waals surface area contributed by atoms with Gasteiger partial charge in [-0.2, -0.15) is 8.42 Å². The highest BCUT2D eigenvalue weighted by atomic mass is 35.5. The number of hydrogen-bond donors (Lipinski definition) is 0. The fourth-order valence-electron chi connectivity index (χ4n) is 1.62. The zero-order chi connectivity index (χ0) is 13.7. The molecule has 0 radical (unpaired) electrons. The summed E-state index contributed by atoms with van der Waals surface area (Å²) in [5.74, 6) is 0. The van der Waals surface area contributed by atoms with Gasteiger partial charge in [-0.3, -0.25) is 4.18 Å². The Morgan fingerprint density at radius 2 is 1.74 bits per heavy atom. The highest BCUT2D eigenvalue weighted by Crippen LogP contribution is 2.14. The van der Waals surface area contributed by atoms with Crippen molar-refractivity contribution in [2.24, 2.45) is 0 Å². The lowest BCUT2D eigenvalue weighted by Crippen LogP contribution is -2.09. The van der Waals surface area contributed by atoms with E-state index in [-0.39, 0.29) is 11.5 Å². The molecule has 0 heterocycles. The fourth-order valence-corrected chi connectivity index (χ4v) is 2.76. The van der Waals surface area contributed by atoms with Crippen molar-refractivity contribution in [3.63, 3.8) is 0 Å². The summed E-state index contributed by atoms with van der Waals surface area (Å²) in [6, 6.07) is 15.4. The van der Waals surface area contributed by atoms with E-state index >= 15 is 0 Å². The summed E-state index contributed by atoms with van der Waals surface area (Å²) in [5.41, 5.74) is 0.941. The highest BCUT2D eigenvalue weighted by Gasteiger charge is 2.13. The molecule has 0 aromatic heterocycles. The number of rotatable bonds is 5. The third kappa shape index (κ3) is 4.06. The van der Waals surface area contributed by atoms with E-state index in [4.69, 9.17) is 15.8 Å². The van der Waals surface area contributed by atoms with Crippen molar-refractivity contribution < 1.29 is 12.6 Å². The molecule has 0 aliphatic rings. The molecule has 2 rings (SSSR count). The number of halogens is 1. The molecule has 5 heteroatoms. The maximum absolute atomic E-state index is 11.8. The molecular weight excluding hydrogens is 284 g/mol. The van der Waals surface area contributed by atoms with Gasteiger partial charge in [0, 0.05) is 5.02 Å². The average Bonchev–Trinajstić information content (AvgIpc) is 2.40. The molecule has 2 aromatic carbocycles. The van der Waals surface area contributed by atoms with Crippen LogP contribution in [-0.2, 0) is 20.7 Å². The van der Waals surface area contributed by atoms with Crippen molar-refractivity contribution in [2.75, 3.05) is 6.61 Å². The Morgan fingerprint density at radius 3 is 2.42 bits per heavy atom. The number of hydrogen-bond acceptors (Lipinski definition) is 3. The van der Waals surface area contributed by atoms with Crippen molar-refractivity contribution in [2.45, 2.75) is 11.3 Å². The largest absolute Gasteiger partial charge is 0.296 e. The topological polar surface area (TPSA) is 43.4 Å². The molecule has 0 aliphatic carbocycles. The van der Waals surface area contributed by atoms with Gasteiger partial charge in [0.2, 0.25) is 0 Å². The van der Waals surface area contributed by atoms with Crippen LogP contribution >= 0.6 is 11.6 Å². The summed E-state index contributed by atoms with van der Waals surface area (Å²) in [5, 5.41) is 0.628. The molecule has 0 saturated heterocycles. The quantitative estimate of drug-likeness (QED) is 0.795. The van der Waals surface area contributed by atoms with E-state index in [0.717, 1.165) is 5.56 Å². The first kappa shape index (κ1) is 14.1. The van der Waals surface area contributed by atoms with Gasteiger partial charge in [0.1, 0.15) is 0 Å². The van der Waals surface area contributed by atoms with Crippen molar-refractivity contribution in [1.82, 2.24) is 0 Å². The van der Waals surface area contributed by atoms with E-state index in [1.54, 1.807) is 30.3 Å². The molecule has 0 amide bonds. The Morgan fingerprint density at radius 1 is 1.00 bits per heavy atom. The smallest absolute Gasteiger partial charge is 0.266 e. The third-order valence-electron chi connectivity index (χ3n) is 2.55. The van der Waals surface area contributed by atoms with Crippen molar-refractivity contribution in [1.29, 1.82) is 0 Å². The van der Waals surface area contributed by atoms with E-state index in [9.17, 15) is 8.42 Å². The predicted octanol–water partition coefficient (Wildman–Crippen LogP) is 3.29. The zero-order valence-electron chi connectivity index (χ0n) is 10.1. The third-order valence-corrected chi connectivity index (χ3v) is 4.11. The Balaban J connectivity index is 1.96. The molecule has 0 N–H and O–H groups in total. The Hall–Kier alpha value is -1.36. The first-order valence-corrected chi connectivity index (χ1v) is 7.55. The van der Waals surface area contributed by atoms with E-state index < -0.39 is 10.1 Å². The van der Waals surface area contributed by atoms with Crippen LogP contribution in [0.15, 0.2) is 59.5 Å². The monoisotopic (exact) mass is 296 g/mol. The first-order valence-electron chi connectivity index (χ1n) is 5.77. The SMILES string of the molecule is O=S(=O)(OCCc1cccc(Cl)c1)c1ccccc1. The molecule has 0 saturated carbocycles. The van der Waals surface area contributed by atoms with Crippen LogP contribution in [0.4, 0.5) is 0 Å². The second-order valence-electron chi connectivity index (χ2n) is 3.97. The molecular formula is C14H13ClO3S. The predicted molar refractivity (Wildman–Crippen MR) is 74.7 cm³/mol. The van der Waals surface area contributed by atoms with E-state index in [0.29, 0.717) is 11.4 Å². The minimum absolute atomic E-state index is 0.0948. The maximum atomic E-state index is 11.8. The lowest BCUT2D eigenvalue weighted by atomic mass is 10.2. The van der Waals surface area contributed by atoms with Crippen LogP contribution in [0, 0.1) is 0 Å². The van der Waals surface area contributed by atoms with Gasteiger partial charge in [0.25, 0.3) is 10.1 Å². The second-order valence-corrected chi connectivity index (χ2v) is 6.02. The van der Waals surface area contributed by atoms with Gasteiger partial charge in [-0.15, -0.1) is 0 Å². The summed E-state index contributed by atoms with van der Waals surface area (Å²) in [6.45, 7) is 0.0948. The van der Waals surface area contributed by atoms with Gasteiger partial charge in [0.05, 0.1) is 11.5 Å². The van der Waals surface area contributed by atoms with Crippen LogP contribution in [-0.4, -0.2) is 15.0 Å². The Labute approximate surface area is 117 Å².